The monoisotopic (exact) mass is 238 g/mol. The Morgan fingerprint density at radius 3 is 2.62 bits per heavy atom. The van der Waals surface area contributed by atoms with Crippen LogP contribution in [0, 0.1) is 16.7 Å². The van der Waals surface area contributed by atoms with Crippen molar-refractivity contribution in [2.45, 2.75) is 33.6 Å². The average Bonchev–Trinajstić information content (AvgIpc) is 2.47. The summed E-state index contributed by atoms with van der Waals surface area (Å²) in [5, 5.41) is 3.00. The summed E-state index contributed by atoms with van der Waals surface area (Å²) in [6, 6.07) is 0. The van der Waals surface area contributed by atoms with Crippen LogP contribution < -0.4 is 11.1 Å². The molecule has 3 nitrogen and oxygen atoms in total. The van der Waals surface area contributed by atoms with Gasteiger partial charge in [0.2, 0.25) is 0 Å². The molecule has 0 radical (unpaired) electrons. The molecule has 0 amide bonds. The highest BCUT2D eigenvalue weighted by Gasteiger charge is 2.63. The normalized spacial score (nSPS) is 38.1. The van der Waals surface area contributed by atoms with Crippen LogP contribution >= 0.6 is 12.2 Å². The number of hydrogen-bond acceptors (Lipinski definition) is 2. The molecule has 2 atom stereocenters. The molecule has 0 spiro atoms. The van der Waals surface area contributed by atoms with Crippen molar-refractivity contribution in [2.24, 2.45) is 22.5 Å². The zero-order valence-electron chi connectivity index (χ0n) is 9.96. The van der Waals surface area contributed by atoms with E-state index in [1.165, 1.54) is 0 Å². The molecular formula is C12H18N2OS. The van der Waals surface area contributed by atoms with Crippen LogP contribution in [0.4, 0.5) is 0 Å². The van der Waals surface area contributed by atoms with E-state index in [9.17, 15) is 4.79 Å². The van der Waals surface area contributed by atoms with Gasteiger partial charge in [-0.25, -0.2) is 0 Å². The first-order chi connectivity index (χ1) is 7.30. The van der Waals surface area contributed by atoms with E-state index in [1.54, 1.807) is 6.20 Å². The van der Waals surface area contributed by atoms with Gasteiger partial charge in [0.25, 0.3) is 0 Å². The van der Waals surface area contributed by atoms with Gasteiger partial charge in [-0.2, -0.15) is 0 Å². The maximum Gasteiger partial charge on any atom is 0.167 e. The van der Waals surface area contributed by atoms with Crippen molar-refractivity contribution in [3.05, 3.63) is 11.8 Å². The number of rotatable bonds is 1. The van der Waals surface area contributed by atoms with Crippen molar-refractivity contribution >= 4 is 23.1 Å². The van der Waals surface area contributed by atoms with Crippen LogP contribution in [-0.2, 0) is 4.79 Å². The predicted octanol–water partition coefficient (Wildman–Crippen LogP) is 1.73. The number of Topliss-reactive ketones (excluding diaryl/α,β-unsaturated/α-hetero) is 1. The smallest absolute Gasteiger partial charge is 0.167 e. The van der Waals surface area contributed by atoms with Gasteiger partial charge in [-0.15, -0.1) is 0 Å². The third-order valence-corrected chi connectivity index (χ3v) is 4.85. The maximum absolute atomic E-state index is 12.3. The third kappa shape index (κ3) is 1.25. The van der Waals surface area contributed by atoms with Gasteiger partial charge in [-0.05, 0) is 36.4 Å². The topological polar surface area (TPSA) is 55.1 Å². The Morgan fingerprint density at radius 1 is 1.56 bits per heavy atom. The van der Waals surface area contributed by atoms with Crippen LogP contribution in [0.25, 0.3) is 0 Å². The first kappa shape index (κ1) is 11.6. The van der Waals surface area contributed by atoms with Crippen LogP contribution in [0.15, 0.2) is 11.8 Å². The largest absolute Gasteiger partial charge is 0.376 e. The van der Waals surface area contributed by atoms with Crippen molar-refractivity contribution in [3.63, 3.8) is 0 Å². The number of nitrogens with two attached hydrogens (primary N) is 1. The summed E-state index contributed by atoms with van der Waals surface area (Å²) in [4.78, 5) is 12.3. The van der Waals surface area contributed by atoms with Gasteiger partial charge in [0.05, 0.1) is 0 Å². The van der Waals surface area contributed by atoms with E-state index in [0.29, 0.717) is 5.92 Å². The Kier molecular flexibility index (Phi) is 2.38. The summed E-state index contributed by atoms with van der Waals surface area (Å²) < 4.78 is 0. The lowest BCUT2D eigenvalue weighted by molar-refractivity contribution is -0.125. The molecule has 2 fully saturated rings. The van der Waals surface area contributed by atoms with Crippen LogP contribution in [0.5, 0.6) is 0 Å². The first-order valence-electron chi connectivity index (χ1n) is 5.61. The number of allylic oxidation sites excluding steroid dienone is 1. The molecule has 2 aliphatic rings. The standard InChI is InChI=1S/C12H18N2OS/c1-11(2)8-4-5-12(11,3)9(15)7(8)6-14-10(13)16/h6,8H,4-5H2,1-3H3,(H3,13,14,16). The van der Waals surface area contributed by atoms with Crippen molar-refractivity contribution in [3.8, 4) is 0 Å². The molecule has 0 saturated heterocycles. The van der Waals surface area contributed by atoms with Crippen molar-refractivity contribution < 1.29 is 4.79 Å². The van der Waals surface area contributed by atoms with E-state index in [0.717, 1.165) is 18.4 Å². The van der Waals surface area contributed by atoms with Crippen LogP contribution in [0.3, 0.4) is 0 Å². The van der Waals surface area contributed by atoms with Gasteiger partial charge in [0.15, 0.2) is 10.9 Å². The van der Waals surface area contributed by atoms with E-state index in [1.807, 2.05) is 0 Å². The zero-order valence-corrected chi connectivity index (χ0v) is 10.8. The SMILES string of the molecule is CC12CCC(C(=CNC(N)=S)C1=O)C2(C)C. The van der Waals surface area contributed by atoms with E-state index in [4.69, 9.17) is 18.0 Å². The Labute approximate surface area is 101 Å². The lowest BCUT2D eigenvalue weighted by atomic mass is 9.70. The molecule has 2 bridgehead atoms. The fourth-order valence-electron chi connectivity index (χ4n) is 3.24. The fraction of sp³-hybridized carbons (Fsp3) is 0.667. The molecule has 0 heterocycles. The van der Waals surface area contributed by atoms with E-state index < -0.39 is 0 Å². The molecule has 0 aromatic carbocycles. The third-order valence-electron chi connectivity index (χ3n) is 4.73. The lowest BCUT2D eigenvalue weighted by Crippen LogP contribution is -2.32. The average molecular weight is 238 g/mol. The van der Waals surface area contributed by atoms with E-state index in [-0.39, 0.29) is 21.7 Å². The molecule has 88 valence electrons. The second kappa shape index (κ2) is 3.29. The molecule has 2 aliphatic carbocycles. The van der Waals surface area contributed by atoms with Crippen molar-refractivity contribution in [2.75, 3.05) is 0 Å². The van der Waals surface area contributed by atoms with E-state index in [2.05, 4.69) is 26.1 Å². The fourth-order valence-corrected chi connectivity index (χ4v) is 3.30. The molecule has 0 aliphatic heterocycles. The summed E-state index contributed by atoms with van der Waals surface area (Å²) >= 11 is 4.75. The summed E-state index contributed by atoms with van der Waals surface area (Å²) in [6.45, 7) is 6.45. The van der Waals surface area contributed by atoms with Gasteiger partial charge < -0.3 is 11.1 Å². The van der Waals surface area contributed by atoms with Crippen LogP contribution in [0.1, 0.15) is 33.6 Å². The van der Waals surface area contributed by atoms with Gasteiger partial charge in [0.1, 0.15) is 0 Å². The molecule has 2 unspecified atom stereocenters. The molecule has 16 heavy (non-hydrogen) atoms. The number of carbonyl (C=O) groups is 1. The minimum Gasteiger partial charge on any atom is -0.376 e. The quantitative estimate of drug-likeness (QED) is 0.539. The first-order valence-corrected chi connectivity index (χ1v) is 6.02. The molecular weight excluding hydrogens is 220 g/mol. The second-order valence-corrected chi connectivity index (χ2v) is 6.02. The van der Waals surface area contributed by atoms with Crippen LogP contribution in [0.2, 0.25) is 0 Å². The van der Waals surface area contributed by atoms with Gasteiger partial charge >= 0.3 is 0 Å². The summed E-state index contributed by atoms with van der Waals surface area (Å²) in [5.74, 6) is 0.601. The molecule has 2 rings (SSSR count). The molecule has 0 aromatic rings. The Balaban J connectivity index is 2.37. The van der Waals surface area contributed by atoms with Crippen molar-refractivity contribution in [1.29, 1.82) is 0 Å². The molecule has 4 heteroatoms. The number of thiocarbonyl (C=S) groups is 1. The maximum atomic E-state index is 12.3. The summed E-state index contributed by atoms with van der Waals surface area (Å²) in [6.07, 6.45) is 3.79. The predicted molar refractivity (Wildman–Crippen MR) is 67.6 cm³/mol. The second-order valence-electron chi connectivity index (χ2n) is 5.58. The van der Waals surface area contributed by atoms with Gasteiger partial charge in [-0.3, -0.25) is 4.79 Å². The molecule has 3 N–H and O–H groups in total. The minimum atomic E-state index is -0.207. The minimum absolute atomic E-state index is 0.0494. The summed E-state index contributed by atoms with van der Waals surface area (Å²) in [5.41, 5.74) is 6.09. The highest BCUT2D eigenvalue weighted by atomic mass is 32.1. The Hall–Kier alpha value is -0.900. The number of hydrogen-bond donors (Lipinski definition) is 2. The Bertz CT molecular complexity index is 400. The number of carbonyl (C=O) groups excluding carboxylic acids is 1. The number of ketones is 1. The highest BCUT2D eigenvalue weighted by Crippen LogP contribution is 2.65. The van der Waals surface area contributed by atoms with Gasteiger partial charge in [-0.1, -0.05) is 20.8 Å². The van der Waals surface area contributed by atoms with Crippen molar-refractivity contribution in [1.82, 2.24) is 5.32 Å². The van der Waals surface area contributed by atoms with Gasteiger partial charge in [0, 0.05) is 17.2 Å². The van der Waals surface area contributed by atoms with Crippen LogP contribution in [-0.4, -0.2) is 10.9 Å². The zero-order chi connectivity index (χ0) is 12.1. The molecule has 0 aromatic heterocycles. The molecule has 2 saturated carbocycles. The lowest BCUT2D eigenvalue weighted by Gasteiger charge is -2.31. The Morgan fingerprint density at radius 2 is 2.19 bits per heavy atom. The highest BCUT2D eigenvalue weighted by molar-refractivity contribution is 7.80. The number of nitrogens with one attached hydrogen (secondary N) is 1. The number of fused-ring (bicyclic) bond motifs is 2. The summed E-state index contributed by atoms with van der Waals surface area (Å²) in [7, 11) is 0. The van der Waals surface area contributed by atoms with E-state index >= 15 is 0 Å².